The van der Waals surface area contributed by atoms with Crippen molar-refractivity contribution in [1.29, 1.82) is 0 Å². The van der Waals surface area contributed by atoms with E-state index in [1.807, 2.05) is 42.5 Å². The van der Waals surface area contributed by atoms with Gasteiger partial charge in [-0.2, -0.15) is 0 Å². The molecule has 3 N–H and O–H groups in total. The van der Waals surface area contributed by atoms with Gasteiger partial charge in [0.15, 0.2) is 0 Å². The van der Waals surface area contributed by atoms with Gasteiger partial charge < -0.3 is 15.8 Å². The first-order chi connectivity index (χ1) is 10.3. The van der Waals surface area contributed by atoms with Crippen LogP contribution in [0.15, 0.2) is 48.8 Å². The molecular weight excluding hydrogens is 264 g/mol. The standard InChI is InChI=1S/C16H16N4O/c1-21-13-4-2-3-11(7-13)9-18-16-14-6-5-12(17)8-15(14)19-10-20-16/h2-8,10H,9,17H2,1H3,(H,18,19,20). The molecule has 5 nitrogen and oxygen atoms in total. The van der Waals surface area contributed by atoms with E-state index >= 15 is 0 Å². The van der Waals surface area contributed by atoms with Crippen molar-refractivity contribution in [2.24, 2.45) is 0 Å². The number of hydrogen-bond donors (Lipinski definition) is 2. The molecule has 0 fully saturated rings. The lowest BCUT2D eigenvalue weighted by atomic mass is 10.2. The van der Waals surface area contributed by atoms with Crippen LogP contribution >= 0.6 is 0 Å². The summed E-state index contributed by atoms with van der Waals surface area (Å²) in [5, 5.41) is 4.28. The van der Waals surface area contributed by atoms with Gasteiger partial charge in [-0.15, -0.1) is 0 Å². The van der Waals surface area contributed by atoms with E-state index in [1.165, 1.54) is 6.33 Å². The number of nitrogens with zero attached hydrogens (tertiary/aromatic N) is 2. The number of benzene rings is 2. The predicted octanol–water partition coefficient (Wildman–Crippen LogP) is 2.83. The van der Waals surface area contributed by atoms with Crippen molar-refractivity contribution in [2.45, 2.75) is 6.54 Å². The fourth-order valence-corrected chi connectivity index (χ4v) is 2.18. The predicted molar refractivity (Wildman–Crippen MR) is 84.3 cm³/mol. The molecule has 3 aromatic rings. The number of nitrogen functional groups attached to an aromatic ring is 1. The van der Waals surface area contributed by atoms with Crippen LogP contribution < -0.4 is 15.8 Å². The van der Waals surface area contributed by atoms with Gasteiger partial charge in [-0.25, -0.2) is 9.97 Å². The summed E-state index contributed by atoms with van der Waals surface area (Å²) < 4.78 is 5.22. The van der Waals surface area contributed by atoms with Gasteiger partial charge in [0.25, 0.3) is 0 Å². The zero-order valence-corrected chi connectivity index (χ0v) is 11.7. The highest BCUT2D eigenvalue weighted by Crippen LogP contribution is 2.22. The zero-order chi connectivity index (χ0) is 14.7. The first-order valence-electron chi connectivity index (χ1n) is 6.63. The van der Waals surface area contributed by atoms with Crippen LogP contribution in [-0.2, 0) is 6.54 Å². The van der Waals surface area contributed by atoms with Gasteiger partial charge in [-0.05, 0) is 35.9 Å². The number of aromatic nitrogens is 2. The highest BCUT2D eigenvalue weighted by Gasteiger charge is 2.04. The lowest BCUT2D eigenvalue weighted by molar-refractivity contribution is 0.414. The van der Waals surface area contributed by atoms with E-state index in [-0.39, 0.29) is 0 Å². The zero-order valence-electron chi connectivity index (χ0n) is 11.7. The van der Waals surface area contributed by atoms with Crippen molar-refractivity contribution in [1.82, 2.24) is 9.97 Å². The Labute approximate surface area is 122 Å². The van der Waals surface area contributed by atoms with Crippen molar-refractivity contribution in [3.63, 3.8) is 0 Å². The Morgan fingerprint density at radius 1 is 1.14 bits per heavy atom. The molecule has 0 aliphatic rings. The van der Waals surface area contributed by atoms with Crippen LogP contribution in [-0.4, -0.2) is 17.1 Å². The van der Waals surface area contributed by atoms with E-state index < -0.39 is 0 Å². The van der Waals surface area contributed by atoms with Crippen molar-refractivity contribution >= 4 is 22.4 Å². The maximum absolute atomic E-state index is 5.78. The monoisotopic (exact) mass is 280 g/mol. The van der Waals surface area contributed by atoms with Gasteiger partial charge in [0.05, 0.1) is 12.6 Å². The van der Waals surface area contributed by atoms with Crippen LogP contribution in [0.5, 0.6) is 5.75 Å². The Kier molecular flexibility index (Phi) is 3.55. The molecule has 1 heterocycles. The summed E-state index contributed by atoms with van der Waals surface area (Å²) in [5.74, 6) is 1.64. The minimum atomic E-state index is 0.660. The molecule has 2 aromatic carbocycles. The molecule has 0 radical (unpaired) electrons. The topological polar surface area (TPSA) is 73.1 Å². The van der Waals surface area contributed by atoms with Crippen LogP contribution in [0.3, 0.4) is 0 Å². The highest BCUT2D eigenvalue weighted by molar-refractivity contribution is 5.90. The second-order valence-corrected chi connectivity index (χ2v) is 4.70. The molecule has 0 saturated carbocycles. The second-order valence-electron chi connectivity index (χ2n) is 4.70. The van der Waals surface area contributed by atoms with Gasteiger partial charge >= 0.3 is 0 Å². The molecule has 0 unspecified atom stereocenters. The quantitative estimate of drug-likeness (QED) is 0.719. The normalized spacial score (nSPS) is 10.5. The van der Waals surface area contributed by atoms with Crippen LogP contribution in [0.25, 0.3) is 10.9 Å². The summed E-state index contributed by atoms with van der Waals surface area (Å²) in [7, 11) is 1.66. The minimum absolute atomic E-state index is 0.660. The average molecular weight is 280 g/mol. The summed E-state index contributed by atoms with van der Waals surface area (Å²) >= 11 is 0. The van der Waals surface area contributed by atoms with Crippen molar-refractivity contribution in [2.75, 3.05) is 18.2 Å². The largest absolute Gasteiger partial charge is 0.497 e. The molecule has 21 heavy (non-hydrogen) atoms. The van der Waals surface area contributed by atoms with Crippen LogP contribution in [0, 0.1) is 0 Å². The van der Waals surface area contributed by atoms with Crippen molar-refractivity contribution < 1.29 is 4.74 Å². The van der Waals surface area contributed by atoms with Crippen LogP contribution in [0.2, 0.25) is 0 Å². The van der Waals surface area contributed by atoms with E-state index in [9.17, 15) is 0 Å². The molecule has 0 aliphatic carbocycles. The molecule has 3 rings (SSSR count). The Bertz CT molecular complexity index is 773. The molecule has 0 saturated heterocycles. The van der Waals surface area contributed by atoms with E-state index in [1.54, 1.807) is 7.11 Å². The summed E-state index contributed by atoms with van der Waals surface area (Å²) in [6.07, 6.45) is 1.54. The number of ether oxygens (including phenoxy) is 1. The molecule has 1 aromatic heterocycles. The van der Waals surface area contributed by atoms with Gasteiger partial charge in [0, 0.05) is 17.6 Å². The van der Waals surface area contributed by atoms with Gasteiger partial charge in [-0.1, -0.05) is 12.1 Å². The Balaban J connectivity index is 1.84. The van der Waals surface area contributed by atoms with E-state index in [2.05, 4.69) is 15.3 Å². The maximum atomic E-state index is 5.78. The van der Waals surface area contributed by atoms with Crippen molar-refractivity contribution in [3.8, 4) is 5.75 Å². The lowest BCUT2D eigenvalue weighted by Gasteiger charge is -2.09. The summed E-state index contributed by atoms with van der Waals surface area (Å²) in [6, 6.07) is 13.5. The Hall–Kier alpha value is -2.82. The van der Waals surface area contributed by atoms with E-state index in [0.717, 1.165) is 28.0 Å². The molecule has 0 spiro atoms. The second kappa shape index (κ2) is 5.66. The lowest BCUT2D eigenvalue weighted by Crippen LogP contribution is -2.03. The van der Waals surface area contributed by atoms with Gasteiger partial charge in [0.1, 0.15) is 17.9 Å². The maximum Gasteiger partial charge on any atom is 0.137 e. The third-order valence-corrected chi connectivity index (χ3v) is 3.25. The molecule has 0 atom stereocenters. The summed E-state index contributed by atoms with van der Waals surface area (Å²) in [4.78, 5) is 8.53. The Morgan fingerprint density at radius 2 is 2.05 bits per heavy atom. The molecular formula is C16H16N4O. The Morgan fingerprint density at radius 3 is 2.90 bits per heavy atom. The summed E-state index contributed by atoms with van der Waals surface area (Å²) in [6.45, 7) is 0.660. The van der Waals surface area contributed by atoms with Gasteiger partial charge in [-0.3, -0.25) is 0 Å². The highest BCUT2D eigenvalue weighted by atomic mass is 16.5. The number of nitrogens with two attached hydrogens (primary N) is 1. The molecule has 5 heteroatoms. The van der Waals surface area contributed by atoms with Crippen LogP contribution in [0.1, 0.15) is 5.56 Å². The average Bonchev–Trinajstić information content (AvgIpc) is 2.52. The number of fused-ring (bicyclic) bond motifs is 1. The van der Waals surface area contributed by atoms with E-state index in [4.69, 9.17) is 10.5 Å². The van der Waals surface area contributed by atoms with E-state index in [0.29, 0.717) is 12.2 Å². The first kappa shape index (κ1) is 13.2. The SMILES string of the molecule is COc1cccc(CNc2ncnc3cc(N)ccc23)c1. The van der Waals surface area contributed by atoms with Crippen LogP contribution in [0.4, 0.5) is 11.5 Å². The van der Waals surface area contributed by atoms with Crippen molar-refractivity contribution in [3.05, 3.63) is 54.4 Å². The van der Waals surface area contributed by atoms with Gasteiger partial charge in [0.2, 0.25) is 0 Å². The smallest absolute Gasteiger partial charge is 0.137 e. The first-order valence-corrected chi connectivity index (χ1v) is 6.63. The fourth-order valence-electron chi connectivity index (χ4n) is 2.18. The fraction of sp³-hybridized carbons (Fsp3) is 0.125. The number of methoxy groups -OCH3 is 1. The number of anilines is 2. The third-order valence-electron chi connectivity index (χ3n) is 3.25. The number of hydrogen-bond acceptors (Lipinski definition) is 5. The molecule has 0 aliphatic heterocycles. The molecule has 0 bridgehead atoms. The molecule has 106 valence electrons. The number of rotatable bonds is 4. The molecule has 0 amide bonds. The summed E-state index contributed by atoms with van der Waals surface area (Å²) in [5.41, 5.74) is 8.42. The third kappa shape index (κ3) is 2.86. The number of nitrogens with one attached hydrogen (secondary N) is 1. The minimum Gasteiger partial charge on any atom is -0.497 e.